The van der Waals surface area contributed by atoms with Gasteiger partial charge < -0.3 is 25.1 Å². The zero-order valence-corrected chi connectivity index (χ0v) is 16.2. The van der Waals surface area contributed by atoms with Gasteiger partial charge in [-0.1, -0.05) is 11.6 Å². The number of nitrogens with zero attached hydrogens (tertiary/aromatic N) is 2. The maximum atomic E-state index is 12.2. The van der Waals surface area contributed by atoms with Crippen LogP contribution in [0.2, 0.25) is 5.02 Å². The minimum atomic E-state index is -0.386. The third kappa shape index (κ3) is 4.17. The molecule has 10 heteroatoms. The van der Waals surface area contributed by atoms with E-state index in [1.807, 2.05) is 0 Å². The van der Waals surface area contributed by atoms with Gasteiger partial charge in [-0.2, -0.15) is 0 Å². The summed E-state index contributed by atoms with van der Waals surface area (Å²) in [5.74, 6) is -0.0603. The number of aromatic nitrogens is 3. The first-order valence-corrected chi connectivity index (χ1v) is 9.32. The summed E-state index contributed by atoms with van der Waals surface area (Å²) in [6, 6.07) is 9.88. The second-order valence-electron chi connectivity index (χ2n) is 6.33. The van der Waals surface area contributed by atoms with Gasteiger partial charge in [0, 0.05) is 11.3 Å². The molecule has 30 heavy (non-hydrogen) atoms. The van der Waals surface area contributed by atoms with Crippen molar-refractivity contribution in [2.75, 3.05) is 17.2 Å². The molecule has 3 aromatic heterocycles. The molecule has 9 nitrogen and oxygen atoms in total. The number of furan rings is 1. The Bertz CT molecular complexity index is 1220. The van der Waals surface area contributed by atoms with Crippen LogP contribution in [0.1, 0.15) is 17.0 Å². The van der Waals surface area contributed by atoms with Gasteiger partial charge in [-0.25, -0.2) is 9.97 Å². The van der Waals surface area contributed by atoms with Crippen LogP contribution in [0.3, 0.4) is 0 Å². The van der Waals surface area contributed by atoms with E-state index >= 15 is 0 Å². The lowest BCUT2D eigenvalue weighted by Crippen LogP contribution is -2.12. The van der Waals surface area contributed by atoms with Crippen LogP contribution in [0.15, 0.2) is 53.3 Å². The number of aromatic amines is 1. The molecule has 4 aromatic rings. The lowest BCUT2D eigenvalue weighted by atomic mass is 10.2. The van der Waals surface area contributed by atoms with Crippen molar-refractivity contribution in [3.63, 3.8) is 0 Å². The normalized spacial score (nSPS) is 10.9. The van der Waals surface area contributed by atoms with Gasteiger partial charge in [-0.05, 0) is 36.4 Å². The van der Waals surface area contributed by atoms with Gasteiger partial charge in [-0.3, -0.25) is 9.59 Å². The second-order valence-corrected chi connectivity index (χ2v) is 6.74. The average Bonchev–Trinajstić information content (AvgIpc) is 3.39. The number of carbonyl (C=O) groups is 2. The molecule has 3 heterocycles. The number of imidazole rings is 1. The van der Waals surface area contributed by atoms with Crippen LogP contribution in [0, 0.1) is 0 Å². The highest BCUT2D eigenvalue weighted by atomic mass is 35.5. The zero-order valence-electron chi connectivity index (χ0n) is 15.5. The fourth-order valence-electron chi connectivity index (χ4n) is 2.81. The number of aliphatic hydroxyl groups excluding tert-OH is 1. The molecule has 2 amide bonds. The van der Waals surface area contributed by atoms with Crippen LogP contribution in [0.5, 0.6) is 0 Å². The standard InChI is InChI=1S/C20H16ClN5O4/c21-14-4-3-11(24-20(29)16-2-1-7-30-16)8-13(14)18-25-15-9-12(10-22-19(15)26-18)23-17(28)5-6-27/h1-4,7-10,27H,5-6H2,(H,23,28)(H,24,29)(H,22,25,26). The van der Waals surface area contributed by atoms with Gasteiger partial charge >= 0.3 is 0 Å². The number of nitrogens with one attached hydrogen (secondary N) is 3. The summed E-state index contributed by atoms with van der Waals surface area (Å²) in [6.45, 7) is -0.235. The van der Waals surface area contributed by atoms with Crippen molar-refractivity contribution in [3.05, 3.63) is 59.6 Å². The second kappa shape index (κ2) is 8.36. The summed E-state index contributed by atoms with van der Waals surface area (Å²) in [4.78, 5) is 35.6. The quantitative estimate of drug-likeness (QED) is 0.374. The van der Waals surface area contributed by atoms with E-state index in [1.165, 1.54) is 12.5 Å². The number of hydrogen-bond acceptors (Lipinski definition) is 6. The first kappa shape index (κ1) is 19.6. The molecule has 152 valence electrons. The minimum Gasteiger partial charge on any atom is -0.459 e. The Kier molecular flexibility index (Phi) is 5.46. The number of fused-ring (bicyclic) bond motifs is 1. The Hall–Kier alpha value is -3.69. The Morgan fingerprint density at radius 2 is 2.03 bits per heavy atom. The van der Waals surface area contributed by atoms with Crippen LogP contribution >= 0.6 is 11.6 Å². The van der Waals surface area contributed by atoms with E-state index in [-0.39, 0.29) is 30.6 Å². The molecule has 0 radical (unpaired) electrons. The SMILES string of the molecule is O=C(CCO)Nc1cnc2nc(-c3cc(NC(=O)c4ccco4)ccc3Cl)[nH]c2c1. The van der Waals surface area contributed by atoms with Gasteiger partial charge in [-0.15, -0.1) is 0 Å². The van der Waals surface area contributed by atoms with Crippen molar-refractivity contribution >= 4 is 46.0 Å². The number of H-pyrrole nitrogens is 1. The first-order valence-electron chi connectivity index (χ1n) is 8.95. The van der Waals surface area contributed by atoms with E-state index in [0.29, 0.717) is 38.9 Å². The number of amides is 2. The largest absolute Gasteiger partial charge is 0.459 e. The molecule has 0 spiro atoms. The molecule has 0 saturated carbocycles. The lowest BCUT2D eigenvalue weighted by Gasteiger charge is -2.07. The van der Waals surface area contributed by atoms with E-state index in [4.69, 9.17) is 21.1 Å². The molecule has 0 aliphatic heterocycles. The molecule has 0 atom stereocenters. The highest BCUT2D eigenvalue weighted by Gasteiger charge is 2.14. The summed E-state index contributed by atoms with van der Waals surface area (Å²) < 4.78 is 5.09. The molecule has 0 aliphatic carbocycles. The number of rotatable bonds is 6. The Morgan fingerprint density at radius 1 is 1.17 bits per heavy atom. The van der Waals surface area contributed by atoms with E-state index in [2.05, 4.69) is 25.6 Å². The van der Waals surface area contributed by atoms with Crippen LogP contribution < -0.4 is 10.6 Å². The van der Waals surface area contributed by atoms with Crippen LogP contribution in [0.25, 0.3) is 22.6 Å². The van der Waals surface area contributed by atoms with Crippen LogP contribution in [0.4, 0.5) is 11.4 Å². The van der Waals surface area contributed by atoms with E-state index in [9.17, 15) is 9.59 Å². The predicted octanol–water partition coefficient (Wildman–Crippen LogP) is 3.44. The van der Waals surface area contributed by atoms with Crippen LogP contribution in [-0.4, -0.2) is 38.5 Å². The van der Waals surface area contributed by atoms with E-state index in [1.54, 1.807) is 36.4 Å². The molecule has 0 unspecified atom stereocenters. The van der Waals surface area contributed by atoms with Crippen LogP contribution in [-0.2, 0) is 4.79 Å². The number of benzene rings is 1. The smallest absolute Gasteiger partial charge is 0.291 e. The number of halogens is 1. The first-order chi connectivity index (χ1) is 14.5. The number of aliphatic hydroxyl groups is 1. The van der Waals surface area contributed by atoms with Crippen molar-refractivity contribution in [1.29, 1.82) is 0 Å². The van der Waals surface area contributed by atoms with Crippen molar-refractivity contribution in [2.45, 2.75) is 6.42 Å². The van der Waals surface area contributed by atoms with E-state index < -0.39 is 0 Å². The Morgan fingerprint density at radius 3 is 2.80 bits per heavy atom. The van der Waals surface area contributed by atoms with Gasteiger partial charge in [0.25, 0.3) is 5.91 Å². The average molecular weight is 426 g/mol. The van der Waals surface area contributed by atoms with Crippen molar-refractivity contribution in [3.8, 4) is 11.4 Å². The number of carbonyl (C=O) groups excluding carboxylic acids is 2. The molecule has 4 N–H and O–H groups in total. The van der Waals surface area contributed by atoms with E-state index in [0.717, 1.165) is 0 Å². The summed E-state index contributed by atoms with van der Waals surface area (Å²) in [5, 5.41) is 14.7. The highest BCUT2D eigenvalue weighted by Crippen LogP contribution is 2.30. The fraction of sp³-hybridized carbons (Fsp3) is 0.100. The highest BCUT2D eigenvalue weighted by molar-refractivity contribution is 6.33. The summed E-state index contributed by atoms with van der Waals surface area (Å²) >= 11 is 6.34. The molecular weight excluding hydrogens is 410 g/mol. The predicted molar refractivity (Wildman–Crippen MR) is 111 cm³/mol. The molecule has 0 fully saturated rings. The van der Waals surface area contributed by atoms with Gasteiger partial charge in [0.05, 0.1) is 41.7 Å². The van der Waals surface area contributed by atoms with Crippen molar-refractivity contribution in [2.24, 2.45) is 0 Å². The van der Waals surface area contributed by atoms with Gasteiger partial charge in [0.2, 0.25) is 5.91 Å². The minimum absolute atomic E-state index is 0.00160. The maximum Gasteiger partial charge on any atom is 0.291 e. The molecule has 0 saturated heterocycles. The van der Waals surface area contributed by atoms with Gasteiger partial charge in [0.1, 0.15) is 5.82 Å². The van der Waals surface area contributed by atoms with Gasteiger partial charge in [0.15, 0.2) is 11.4 Å². The molecule has 0 aliphatic rings. The third-order valence-corrected chi connectivity index (χ3v) is 4.51. The van der Waals surface area contributed by atoms with Crippen molar-refractivity contribution in [1.82, 2.24) is 15.0 Å². The third-order valence-electron chi connectivity index (χ3n) is 4.18. The number of anilines is 2. The lowest BCUT2D eigenvalue weighted by molar-refractivity contribution is -0.116. The summed E-state index contributed by atoms with van der Waals surface area (Å²) in [6.07, 6.45) is 2.90. The molecular formula is C20H16ClN5O4. The monoisotopic (exact) mass is 425 g/mol. The number of pyridine rings is 1. The Labute approximate surface area is 175 Å². The topological polar surface area (TPSA) is 133 Å². The molecule has 4 rings (SSSR count). The van der Waals surface area contributed by atoms with Crippen molar-refractivity contribution < 1.29 is 19.1 Å². The summed E-state index contributed by atoms with van der Waals surface area (Å²) in [5.41, 5.74) is 2.58. The fourth-order valence-corrected chi connectivity index (χ4v) is 3.01. The Balaban J connectivity index is 1.61. The molecule has 1 aromatic carbocycles. The maximum absolute atomic E-state index is 12.2. The molecule has 0 bridgehead atoms. The number of hydrogen-bond donors (Lipinski definition) is 4. The summed E-state index contributed by atoms with van der Waals surface area (Å²) in [7, 11) is 0. The zero-order chi connectivity index (χ0) is 21.1.